The van der Waals surface area contributed by atoms with Gasteiger partial charge in [-0.1, -0.05) is 23.7 Å². The van der Waals surface area contributed by atoms with Gasteiger partial charge in [0.25, 0.3) is 0 Å². The van der Waals surface area contributed by atoms with Crippen molar-refractivity contribution in [3.8, 4) is 33.0 Å². The number of aryl methyl sites for hydroxylation is 1. The van der Waals surface area contributed by atoms with Crippen LogP contribution in [-0.2, 0) is 9.53 Å². The number of pyridine rings is 2. The molecule has 7 nitrogen and oxygen atoms in total. The molecule has 198 valence electrons. The molecule has 0 saturated heterocycles. The molecule has 0 unspecified atom stereocenters. The fraction of sp³-hybridized carbons (Fsp3) is 0.200. The van der Waals surface area contributed by atoms with E-state index in [0.29, 0.717) is 16.3 Å². The number of fused-ring (bicyclic) bond motifs is 1. The number of benzene rings is 2. The Kier molecular flexibility index (Phi) is 7.11. The van der Waals surface area contributed by atoms with Crippen molar-refractivity contribution < 1.29 is 14.6 Å². The molecule has 9 heteroatoms. The third-order valence-corrected chi connectivity index (χ3v) is 7.50. The first-order chi connectivity index (χ1) is 18.5. The highest BCUT2D eigenvalue weighted by atomic mass is 35.5. The largest absolute Gasteiger partial charge is 0.479 e. The Morgan fingerprint density at radius 2 is 1.77 bits per heavy atom. The van der Waals surface area contributed by atoms with E-state index in [9.17, 15) is 14.7 Å². The average molecular weight is 560 g/mol. The summed E-state index contributed by atoms with van der Waals surface area (Å²) in [6.45, 7) is 7.41. The summed E-state index contributed by atoms with van der Waals surface area (Å²) in [5.41, 5.74) is 5.16. The van der Waals surface area contributed by atoms with Crippen LogP contribution in [0.2, 0.25) is 5.02 Å². The summed E-state index contributed by atoms with van der Waals surface area (Å²) in [6.07, 6.45) is 2.15. The van der Waals surface area contributed by atoms with Crippen molar-refractivity contribution in [1.29, 1.82) is 0 Å². The predicted octanol–water partition coefficient (Wildman–Crippen LogP) is 7.28. The molecule has 0 radical (unpaired) electrons. The second kappa shape index (κ2) is 10.4. The predicted molar refractivity (Wildman–Crippen MR) is 155 cm³/mol. The molecule has 0 aliphatic rings. The zero-order valence-electron chi connectivity index (χ0n) is 21.8. The average Bonchev–Trinajstić information content (AvgIpc) is 3.31. The molecule has 0 aliphatic carbocycles. The monoisotopic (exact) mass is 559 g/mol. The zero-order chi connectivity index (χ0) is 27.9. The highest BCUT2D eigenvalue weighted by Crippen LogP contribution is 2.44. The summed E-state index contributed by atoms with van der Waals surface area (Å²) in [5.74, 6) is -1.06. The first-order valence-corrected chi connectivity index (χ1v) is 13.5. The summed E-state index contributed by atoms with van der Waals surface area (Å²) in [6, 6.07) is 16.2. The molecule has 3 aromatic heterocycles. The van der Waals surface area contributed by atoms with E-state index in [1.165, 1.54) is 17.4 Å². The molecule has 0 bridgehead atoms. The first kappa shape index (κ1) is 26.7. The van der Waals surface area contributed by atoms with Crippen molar-refractivity contribution in [2.45, 2.75) is 39.4 Å². The molecule has 2 aromatic carbocycles. The van der Waals surface area contributed by atoms with Gasteiger partial charge < -0.3 is 14.8 Å². The third kappa shape index (κ3) is 5.63. The van der Waals surface area contributed by atoms with E-state index >= 15 is 0 Å². The van der Waals surface area contributed by atoms with Crippen LogP contribution in [0.5, 0.6) is 0 Å². The number of carboxylic acid groups (broad SMARTS) is 1. The molecule has 0 saturated carbocycles. The Hall–Kier alpha value is -3.85. The lowest BCUT2D eigenvalue weighted by Crippen LogP contribution is -2.28. The van der Waals surface area contributed by atoms with Crippen molar-refractivity contribution in [2.24, 2.45) is 0 Å². The highest BCUT2D eigenvalue weighted by Gasteiger charge is 2.32. The second-order valence-corrected chi connectivity index (χ2v) is 11.6. The normalized spacial score (nSPS) is 12.5. The molecule has 0 fully saturated rings. The molecular formula is C30H26ClN3O4S. The van der Waals surface area contributed by atoms with E-state index in [2.05, 4.69) is 9.97 Å². The van der Waals surface area contributed by atoms with Crippen molar-refractivity contribution in [3.05, 3.63) is 93.5 Å². The Balaban J connectivity index is 1.73. The molecule has 0 aliphatic heterocycles. The fourth-order valence-electron chi connectivity index (χ4n) is 4.45. The number of aromatic nitrogens is 3. The summed E-state index contributed by atoms with van der Waals surface area (Å²) >= 11 is 7.67. The van der Waals surface area contributed by atoms with Gasteiger partial charge in [0.15, 0.2) is 6.10 Å². The maximum atomic E-state index is 12.5. The minimum atomic E-state index is -1.18. The lowest BCUT2D eigenvalue weighted by Gasteiger charge is -2.28. The maximum Gasteiger partial charge on any atom is 0.337 e. The van der Waals surface area contributed by atoms with Crippen molar-refractivity contribution >= 4 is 39.1 Å². The molecule has 5 rings (SSSR count). The van der Waals surface area contributed by atoms with Gasteiger partial charge in [-0.2, -0.15) is 0 Å². The number of thiazole rings is 1. The third-order valence-electron chi connectivity index (χ3n) is 6.11. The number of carbonyl (C=O) groups is 1. The number of ether oxygens (including phenoxy) is 1. The number of nitrogens with zero attached hydrogens (tertiary/aromatic N) is 2. The Morgan fingerprint density at radius 1 is 1.05 bits per heavy atom. The van der Waals surface area contributed by atoms with Gasteiger partial charge in [0.05, 0.1) is 21.5 Å². The number of hydrogen-bond acceptors (Lipinski definition) is 6. The zero-order valence-corrected chi connectivity index (χ0v) is 23.4. The van der Waals surface area contributed by atoms with Crippen LogP contribution in [0.1, 0.15) is 38.0 Å². The van der Waals surface area contributed by atoms with Gasteiger partial charge in [-0.25, -0.2) is 9.78 Å². The van der Waals surface area contributed by atoms with Crippen LogP contribution in [-0.4, -0.2) is 31.6 Å². The van der Waals surface area contributed by atoms with Crippen LogP contribution >= 0.6 is 22.9 Å². The Bertz CT molecular complexity index is 1730. The van der Waals surface area contributed by atoms with Crippen molar-refractivity contribution in [1.82, 2.24) is 15.0 Å². The molecule has 5 aromatic rings. The smallest absolute Gasteiger partial charge is 0.337 e. The summed E-state index contributed by atoms with van der Waals surface area (Å²) < 4.78 is 6.94. The van der Waals surface area contributed by atoms with Gasteiger partial charge in [0.1, 0.15) is 5.01 Å². The van der Waals surface area contributed by atoms with E-state index < -0.39 is 17.7 Å². The van der Waals surface area contributed by atoms with Crippen molar-refractivity contribution in [2.75, 3.05) is 0 Å². The van der Waals surface area contributed by atoms with Gasteiger partial charge in [-0.3, -0.25) is 9.78 Å². The van der Waals surface area contributed by atoms with Crippen LogP contribution in [0.15, 0.2) is 71.8 Å². The van der Waals surface area contributed by atoms with E-state index in [0.717, 1.165) is 43.0 Å². The number of aromatic amines is 1. The Labute approximate surface area is 234 Å². The molecule has 2 N–H and O–H groups in total. The van der Waals surface area contributed by atoms with E-state index in [-0.39, 0.29) is 5.56 Å². The molecule has 0 amide bonds. The number of hydrogen-bond donors (Lipinski definition) is 2. The second-order valence-electron chi connectivity index (χ2n) is 10.2. The molecule has 1 atom stereocenters. The number of carboxylic acids is 1. The Morgan fingerprint density at radius 3 is 2.41 bits per heavy atom. The number of rotatable bonds is 6. The highest BCUT2D eigenvalue weighted by molar-refractivity contribution is 7.22. The molecule has 39 heavy (non-hydrogen) atoms. The van der Waals surface area contributed by atoms with Gasteiger partial charge in [-0.15, -0.1) is 11.3 Å². The van der Waals surface area contributed by atoms with Gasteiger partial charge in [0, 0.05) is 45.7 Å². The minimum absolute atomic E-state index is 0.183. The van der Waals surface area contributed by atoms with Crippen LogP contribution in [0, 0.1) is 6.92 Å². The van der Waals surface area contributed by atoms with Gasteiger partial charge >= 0.3 is 5.97 Å². The van der Waals surface area contributed by atoms with Crippen LogP contribution in [0.25, 0.3) is 43.2 Å². The molecule has 0 spiro atoms. The maximum absolute atomic E-state index is 12.5. The quantitative estimate of drug-likeness (QED) is 0.226. The number of H-pyrrole nitrogens is 1. The first-order valence-electron chi connectivity index (χ1n) is 12.3. The molecule has 3 heterocycles. The topological polar surface area (TPSA) is 105 Å². The fourth-order valence-corrected chi connectivity index (χ4v) is 5.70. The molecular weight excluding hydrogens is 534 g/mol. The SMILES string of the molecule is Cc1cc2nc(-c3ccnc(-c4ccc(=O)[nH]c4)c3)sc2c(-c2ccc(Cl)cc2)c1[C@H](OC(C)(C)C)C(=O)O. The summed E-state index contributed by atoms with van der Waals surface area (Å²) in [7, 11) is 0. The lowest BCUT2D eigenvalue weighted by atomic mass is 9.91. The van der Waals surface area contributed by atoms with Crippen LogP contribution in [0.4, 0.5) is 0 Å². The standard InChI is InChI=1S/C30H26ClN3O4S/c1-16-13-22-27(39-28(34-22)18-11-12-32-21(14-18)19-7-10-23(35)33-15-19)25(17-5-8-20(31)9-6-17)24(16)26(29(36)37)38-30(2,3)4/h5-15,26H,1-4H3,(H,33,35)(H,36,37)/t26-/m0/s1. The van der Waals surface area contributed by atoms with E-state index in [1.807, 2.05) is 58.0 Å². The van der Waals surface area contributed by atoms with Gasteiger partial charge in [0.2, 0.25) is 5.56 Å². The van der Waals surface area contributed by atoms with E-state index in [4.69, 9.17) is 21.3 Å². The van der Waals surface area contributed by atoms with Crippen molar-refractivity contribution in [3.63, 3.8) is 0 Å². The number of halogens is 1. The van der Waals surface area contributed by atoms with Crippen LogP contribution < -0.4 is 5.56 Å². The van der Waals surface area contributed by atoms with Gasteiger partial charge in [-0.05, 0) is 75.2 Å². The minimum Gasteiger partial charge on any atom is -0.479 e. The van der Waals surface area contributed by atoms with Crippen LogP contribution in [0.3, 0.4) is 0 Å². The lowest BCUT2D eigenvalue weighted by molar-refractivity contribution is -0.160. The summed E-state index contributed by atoms with van der Waals surface area (Å²) in [4.78, 5) is 36.1. The summed E-state index contributed by atoms with van der Waals surface area (Å²) in [5, 5.41) is 11.6. The number of nitrogens with one attached hydrogen (secondary N) is 1. The van der Waals surface area contributed by atoms with E-state index in [1.54, 1.807) is 30.6 Å². The number of aliphatic carboxylic acids is 1.